The van der Waals surface area contributed by atoms with Crippen LogP contribution in [0.4, 0.5) is 0 Å². The summed E-state index contributed by atoms with van der Waals surface area (Å²) in [5, 5.41) is 10.4. The number of nitrogens with zero attached hydrogens (tertiary/aromatic N) is 3. The lowest BCUT2D eigenvalue weighted by molar-refractivity contribution is 0.152. The van der Waals surface area contributed by atoms with Crippen LogP contribution >= 0.6 is 11.3 Å². The summed E-state index contributed by atoms with van der Waals surface area (Å²) in [7, 11) is 2.18. The molecule has 0 N–H and O–H groups in total. The maximum atomic E-state index is 4.12. The van der Waals surface area contributed by atoms with E-state index in [9.17, 15) is 0 Å². The SMILES string of the molecule is Cc1nnc(CN(C)C2CCC2)s1. The average molecular weight is 197 g/mol. The van der Waals surface area contributed by atoms with Crippen molar-refractivity contribution in [3.8, 4) is 0 Å². The van der Waals surface area contributed by atoms with Crippen LogP contribution in [0.2, 0.25) is 0 Å². The van der Waals surface area contributed by atoms with Crippen LogP contribution < -0.4 is 0 Å². The first kappa shape index (κ1) is 9.09. The molecule has 0 atom stereocenters. The van der Waals surface area contributed by atoms with E-state index < -0.39 is 0 Å². The number of aromatic nitrogens is 2. The Labute approximate surface area is 82.8 Å². The van der Waals surface area contributed by atoms with E-state index in [1.54, 1.807) is 11.3 Å². The molecule has 1 saturated carbocycles. The summed E-state index contributed by atoms with van der Waals surface area (Å²) >= 11 is 1.70. The molecule has 0 amide bonds. The van der Waals surface area contributed by atoms with Gasteiger partial charge in [-0.3, -0.25) is 4.90 Å². The predicted octanol–water partition coefficient (Wildman–Crippen LogP) is 1.83. The van der Waals surface area contributed by atoms with E-state index in [-0.39, 0.29) is 0 Å². The highest BCUT2D eigenvalue weighted by atomic mass is 32.1. The van der Waals surface area contributed by atoms with Crippen LogP contribution in [0.5, 0.6) is 0 Å². The number of aryl methyl sites for hydroxylation is 1. The minimum absolute atomic E-state index is 0.796. The Kier molecular flexibility index (Phi) is 2.60. The van der Waals surface area contributed by atoms with E-state index in [1.165, 1.54) is 19.3 Å². The molecule has 3 nitrogen and oxygen atoms in total. The molecule has 0 aliphatic heterocycles. The van der Waals surface area contributed by atoms with Crippen LogP contribution in [-0.2, 0) is 6.54 Å². The van der Waals surface area contributed by atoms with Gasteiger partial charge in [0.2, 0.25) is 0 Å². The molecule has 72 valence electrons. The van der Waals surface area contributed by atoms with Crippen LogP contribution in [-0.4, -0.2) is 28.2 Å². The van der Waals surface area contributed by atoms with Crippen molar-refractivity contribution in [3.05, 3.63) is 10.0 Å². The summed E-state index contributed by atoms with van der Waals surface area (Å²) in [6.07, 6.45) is 4.10. The second-order valence-corrected chi connectivity index (χ2v) is 4.98. The largest absolute Gasteiger partial charge is 0.297 e. The van der Waals surface area contributed by atoms with Gasteiger partial charge in [-0.2, -0.15) is 0 Å². The molecule has 1 fully saturated rings. The summed E-state index contributed by atoms with van der Waals surface area (Å²) in [5.74, 6) is 0. The summed E-state index contributed by atoms with van der Waals surface area (Å²) in [6.45, 7) is 2.97. The fourth-order valence-electron chi connectivity index (χ4n) is 1.57. The molecule has 1 aliphatic rings. The Morgan fingerprint density at radius 1 is 1.46 bits per heavy atom. The highest BCUT2D eigenvalue weighted by Crippen LogP contribution is 2.25. The first-order chi connectivity index (χ1) is 6.25. The third kappa shape index (κ3) is 2.06. The summed E-state index contributed by atoms with van der Waals surface area (Å²) in [5.41, 5.74) is 0. The molecule has 13 heavy (non-hydrogen) atoms. The van der Waals surface area contributed by atoms with E-state index in [2.05, 4.69) is 22.1 Å². The second kappa shape index (κ2) is 3.72. The molecule has 1 aromatic heterocycles. The van der Waals surface area contributed by atoms with Gasteiger partial charge in [0, 0.05) is 6.04 Å². The Morgan fingerprint density at radius 2 is 2.23 bits per heavy atom. The fourth-order valence-corrected chi connectivity index (χ4v) is 2.34. The zero-order chi connectivity index (χ0) is 9.26. The highest BCUT2D eigenvalue weighted by molar-refractivity contribution is 7.11. The topological polar surface area (TPSA) is 29.0 Å². The molecule has 0 aromatic carbocycles. The average Bonchev–Trinajstić information content (AvgIpc) is 2.31. The molecular weight excluding hydrogens is 182 g/mol. The lowest BCUT2D eigenvalue weighted by Crippen LogP contribution is -2.36. The van der Waals surface area contributed by atoms with E-state index >= 15 is 0 Å². The summed E-state index contributed by atoms with van der Waals surface area (Å²) in [4.78, 5) is 2.39. The van der Waals surface area contributed by atoms with Gasteiger partial charge in [0.1, 0.15) is 10.0 Å². The molecule has 0 spiro atoms. The first-order valence-corrected chi connectivity index (χ1v) is 5.56. The minimum atomic E-state index is 0.796. The third-order valence-corrected chi connectivity index (χ3v) is 3.47. The van der Waals surface area contributed by atoms with Crippen LogP contribution in [0, 0.1) is 6.92 Å². The smallest absolute Gasteiger partial charge is 0.131 e. The Bertz CT molecular complexity index is 280. The van der Waals surface area contributed by atoms with Crippen molar-refractivity contribution >= 4 is 11.3 Å². The number of hydrogen-bond donors (Lipinski definition) is 0. The molecule has 1 heterocycles. The van der Waals surface area contributed by atoms with Gasteiger partial charge in [-0.25, -0.2) is 0 Å². The lowest BCUT2D eigenvalue weighted by Gasteiger charge is -2.33. The molecule has 4 heteroatoms. The monoisotopic (exact) mass is 197 g/mol. The van der Waals surface area contributed by atoms with Crippen LogP contribution in [0.15, 0.2) is 0 Å². The van der Waals surface area contributed by atoms with E-state index in [0.717, 1.165) is 22.6 Å². The molecule has 0 saturated heterocycles. The van der Waals surface area contributed by atoms with Gasteiger partial charge in [0.15, 0.2) is 0 Å². The van der Waals surface area contributed by atoms with Crippen LogP contribution in [0.25, 0.3) is 0 Å². The zero-order valence-corrected chi connectivity index (χ0v) is 8.97. The van der Waals surface area contributed by atoms with Crippen molar-refractivity contribution in [2.75, 3.05) is 7.05 Å². The normalized spacial score (nSPS) is 17.8. The fraction of sp³-hybridized carbons (Fsp3) is 0.778. The van der Waals surface area contributed by atoms with Crippen molar-refractivity contribution in [1.82, 2.24) is 15.1 Å². The predicted molar refractivity (Wildman–Crippen MR) is 53.8 cm³/mol. The molecule has 0 bridgehead atoms. The second-order valence-electron chi connectivity index (χ2n) is 3.71. The lowest BCUT2D eigenvalue weighted by atomic mass is 9.92. The number of rotatable bonds is 3. The highest BCUT2D eigenvalue weighted by Gasteiger charge is 2.22. The van der Waals surface area contributed by atoms with Gasteiger partial charge in [0.25, 0.3) is 0 Å². The molecule has 0 radical (unpaired) electrons. The van der Waals surface area contributed by atoms with E-state index in [0.29, 0.717) is 0 Å². The van der Waals surface area contributed by atoms with Gasteiger partial charge >= 0.3 is 0 Å². The van der Waals surface area contributed by atoms with Crippen LogP contribution in [0.3, 0.4) is 0 Å². The molecule has 0 unspecified atom stereocenters. The standard InChI is InChI=1S/C9H15N3S/c1-7-10-11-9(13-7)6-12(2)8-4-3-5-8/h8H,3-6H2,1-2H3. The van der Waals surface area contributed by atoms with E-state index in [4.69, 9.17) is 0 Å². The van der Waals surface area contributed by atoms with E-state index in [1.807, 2.05) is 6.92 Å². The Balaban J connectivity index is 1.89. The van der Waals surface area contributed by atoms with Crippen LogP contribution in [0.1, 0.15) is 29.3 Å². The zero-order valence-electron chi connectivity index (χ0n) is 8.16. The molecular formula is C9H15N3S. The Morgan fingerprint density at radius 3 is 2.69 bits per heavy atom. The van der Waals surface area contributed by atoms with Crippen molar-refractivity contribution in [2.24, 2.45) is 0 Å². The van der Waals surface area contributed by atoms with Gasteiger partial charge in [-0.1, -0.05) is 6.42 Å². The molecule has 2 rings (SSSR count). The maximum absolute atomic E-state index is 4.12. The van der Waals surface area contributed by atoms with Crippen molar-refractivity contribution in [1.29, 1.82) is 0 Å². The summed E-state index contributed by atoms with van der Waals surface area (Å²) in [6, 6.07) is 0.796. The Hall–Kier alpha value is -0.480. The summed E-state index contributed by atoms with van der Waals surface area (Å²) < 4.78 is 0. The van der Waals surface area contributed by atoms with Gasteiger partial charge in [0.05, 0.1) is 6.54 Å². The first-order valence-electron chi connectivity index (χ1n) is 4.75. The number of hydrogen-bond acceptors (Lipinski definition) is 4. The van der Waals surface area contributed by atoms with Crippen molar-refractivity contribution in [3.63, 3.8) is 0 Å². The quantitative estimate of drug-likeness (QED) is 0.740. The van der Waals surface area contributed by atoms with Gasteiger partial charge in [-0.05, 0) is 26.8 Å². The third-order valence-electron chi connectivity index (χ3n) is 2.65. The minimum Gasteiger partial charge on any atom is -0.297 e. The van der Waals surface area contributed by atoms with Gasteiger partial charge < -0.3 is 0 Å². The maximum Gasteiger partial charge on any atom is 0.131 e. The van der Waals surface area contributed by atoms with Crippen molar-refractivity contribution in [2.45, 2.75) is 38.8 Å². The van der Waals surface area contributed by atoms with Crippen molar-refractivity contribution < 1.29 is 0 Å². The molecule has 1 aliphatic carbocycles. The molecule has 1 aromatic rings. The van der Waals surface area contributed by atoms with Gasteiger partial charge in [-0.15, -0.1) is 21.5 Å².